The van der Waals surface area contributed by atoms with E-state index < -0.39 is 5.91 Å². The molecule has 0 fully saturated rings. The summed E-state index contributed by atoms with van der Waals surface area (Å²) >= 11 is 3.83. The SMILES string of the molecule is CCCc1c(C(=O)C(C)C)c2ccc(C(N)=O)cc2n1C(Br)c1ccccc1. The Labute approximate surface area is 173 Å². The molecule has 0 aliphatic carbocycles. The number of hydrogen-bond acceptors (Lipinski definition) is 2. The van der Waals surface area contributed by atoms with E-state index in [1.807, 2.05) is 50.2 Å². The first-order valence-corrected chi connectivity index (χ1v) is 10.5. The molecule has 1 amide bonds. The molecule has 1 atom stereocenters. The molecular formula is C23H25BrN2O2. The summed E-state index contributed by atoms with van der Waals surface area (Å²) in [7, 11) is 0. The largest absolute Gasteiger partial charge is 0.366 e. The standard InChI is InChI=1S/C23H25BrN2O2/c1-4-8-18-20(21(27)14(2)3)17-12-11-16(23(25)28)13-19(17)26(18)22(24)15-9-6-5-7-10-15/h5-7,9-14,22H,4,8H2,1-3H3,(H2,25,28). The highest BCUT2D eigenvalue weighted by molar-refractivity contribution is 9.09. The maximum Gasteiger partial charge on any atom is 0.248 e. The quantitative estimate of drug-likeness (QED) is 0.390. The van der Waals surface area contributed by atoms with Crippen LogP contribution in [0.25, 0.3) is 10.9 Å². The van der Waals surface area contributed by atoms with E-state index in [4.69, 9.17) is 5.73 Å². The summed E-state index contributed by atoms with van der Waals surface area (Å²) in [5.74, 6) is -0.475. The summed E-state index contributed by atoms with van der Waals surface area (Å²) in [4.78, 5) is 24.8. The topological polar surface area (TPSA) is 65.1 Å². The predicted octanol–water partition coefficient (Wildman–Crippen LogP) is 5.47. The minimum Gasteiger partial charge on any atom is -0.366 e. The van der Waals surface area contributed by atoms with Crippen molar-refractivity contribution in [3.05, 3.63) is 70.9 Å². The molecule has 4 nitrogen and oxygen atoms in total. The molecular weight excluding hydrogens is 416 g/mol. The van der Waals surface area contributed by atoms with Gasteiger partial charge in [0.1, 0.15) is 4.95 Å². The number of aromatic nitrogens is 1. The molecule has 3 rings (SSSR count). The molecule has 0 spiro atoms. The fraction of sp³-hybridized carbons (Fsp3) is 0.304. The Hall–Kier alpha value is -2.40. The van der Waals surface area contributed by atoms with Crippen molar-refractivity contribution in [2.75, 3.05) is 0 Å². The second kappa shape index (κ2) is 8.31. The number of benzene rings is 2. The monoisotopic (exact) mass is 440 g/mol. The van der Waals surface area contributed by atoms with Gasteiger partial charge >= 0.3 is 0 Å². The van der Waals surface area contributed by atoms with Crippen LogP contribution in [0, 0.1) is 5.92 Å². The fourth-order valence-electron chi connectivity index (χ4n) is 3.58. The van der Waals surface area contributed by atoms with Gasteiger partial charge in [-0.25, -0.2) is 0 Å². The van der Waals surface area contributed by atoms with Crippen LogP contribution in [0.3, 0.4) is 0 Å². The third kappa shape index (κ3) is 3.63. The van der Waals surface area contributed by atoms with Crippen molar-refractivity contribution in [3.8, 4) is 0 Å². The number of nitrogens with zero attached hydrogens (tertiary/aromatic N) is 1. The van der Waals surface area contributed by atoms with Gasteiger partial charge in [0.05, 0.1) is 5.52 Å². The Morgan fingerprint density at radius 3 is 2.36 bits per heavy atom. The molecule has 0 bridgehead atoms. The molecule has 2 N–H and O–H groups in total. The molecule has 1 heterocycles. The molecule has 5 heteroatoms. The number of rotatable bonds is 7. The zero-order valence-electron chi connectivity index (χ0n) is 16.4. The van der Waals surface area contributed by atoms with E-state index in [-0.39, 0.29) is 16.7 Å². The number of Topliss-reactive ketones (excluding diaryl/α,β-unsaturated/α-hetero) is 1. The van der Waals surface area contributed by atoms with Gasteiger partial charge in [0.2, 0.25) is 5.91 Å². The van der Waals surface area contributed by atoms with Crippen molar-refractivity contribution in [2.45, 2.75) is 38.6 Å². The summed E-state index contributed by atoms with van der Waals surface area (Å²) in [6.07, 6.45) is 1.68. The van der Waals surface area contributed by atoms with Crippen LogP contribution in [0.1, 0.15) is 64.1 Å². The van der Waals surface area contributed by atoms with E-state index in [9.17, 15) is 9.59 Å². The van der Waals surface area contributed by atoms with Crippen LogP contribution in [-0.2, 0) is 6.42 Å². The summed E-state index contributed by atoms with van der Waals surface area (Å²) < 4.78 is 2.14. The molecule has 0 saturated heterocycles. The number of carbonyl (C=O) groups is 2. The number of primary amides is 1. The van der Waals surface area contributed by atoms with Crippen molar-refractivity contribution in [1.29, 1.82) is 0 Å². The first kappa shape index (κ1) is 20.3. The first-order valence-electron chi connectivity index (χ1n) is 9.56. The summed E-state index contributed by atoms with van der Waals surface area (Å²) in [6, 6.07) is 15.4. The van der Waals surface area contributed by atoms with Crippen molar-refractivity contribution >= 4 is 38.5 Å². The molecule has 0 saturated carbocycles. The lowest BCUT2D eigenvalue weighted by molar-refractivity contribution is 0.0939. The highest BCUT2D eigenvalue weighted by atomic mass is 79.9. The van der Waals surface area contributed by atoms with Gasteiger partial charge in [0.15, 0.2) is 5.78 Å². The van der Waals surface area contributed by atoms with Crippen molar-refractivity contribution in [3.63, 3.8) is 0 Å². The Balaban J connectivity index is 2.38. The van der Waals surface area contributed by atoms with E-state index in [2.05, 4.69) is 27.4 Å². The van der Waals surface area contributed by atoms with Gasteiger partial charge in [-0.05, 0) is 24.1 Å². The number of fused-ring (bicyclic) bond motifs is 1. The van der Waals surface area contributed by atoms with Crippen LogP contribution in [0.15, 0.2) is 48.5 Å². The molecule has 1 unspecified atom stereocenters. The van der Waals surface area contributed by atoms with Crippen LogP contribution in [0.4, 0.5) is 0 Å². The summed E-state index contributed by atoms with van der Waals surface area (Å²) in [6.45, 7) is 5.94. The van der Waals surface area contributed by atoms with Crippen LogP contribution in [-0.4, -0.2) is 16.3 Å². The van der Waals surface area contributed by atoms with Crippen LogP contribution in [0.2, 0.25) is 0 Å². The third-order valence-electron chi connectivity index (χ3n) is 4.95. The highest BCUT2D eigenvalue weighted by Gasteiger charge is 2.27. The molecule has 146 valence electrons. The van der Waals surface area contributed by atoms with Crippen LogP contribution >= 0.6 is 15.9 Å². The second-order valence-electron chi connectivity index (χ2n) is 7.30. The van der Waals surface area contributed by atoms with Gasteiger partial charge < -0.3 is 10.3 Å². The Bertz CT molecular complexity index is 1020. The Morgan fingerprint density at radius 1 is 1.11 bits per heavy atom. The van der Waals surface area contributed by atoms with Crippen molar-refractivity contribution in [2.24, 2.45) is 11.7 Å². The smallest absolute Gasteiger partial charge is 0.248 e. The number of hydrogen-bond donors (Lipinski definition) is 1. The number of amides is 1. The van der Waals surface area contributed by atoms with Gasteiger partial charge in [-0.15, -0.1) is 0 Å². The van der Waals surface area contributed by atoms with Gasteiger partial charge in [-0.3, -0.25) is 9.59 Å². The maximum atomic E-state index is 13.1. The molecule has 0 aliphatic rings. The molecule has 0 aliphatic heterocycles. The molecule has 2 aromatic carbocycles. The van der Waals surface area contributed by atoms with Gasteiger partial charge in [0, 0.05) is 28.1 Å². The van der Waals surface area contributed by atoms with E-state index >= 15 is 0 Å². The van der Waals surface area contributed by atoms with E-state index in [0.29, 0.717) is 5.56 Å². The zero-order valence-corrected chi connectivity index (χ0v) is 18.0. The van der Waals surface area contributed by atoms with Gasteiger partial charge in [0.25, 0.3) is 0 Å². The normalized spacial score (nSPS) is 12.5. The lowest BCUT2D eigenvalue weighted by Gasteiger charge is -2.19. The molecule has 3 aromatic rings. The lowest BCUT2D eigenvalue weighted by Crippen LogP contribution is -2.13. The average Bonchev–Trinajstić information content (AvgIpc) is 3.00. The van der Waals surface area contributed by atoms with E-state index in [0.717, 1.165) is 40.6 Å². The van der Waals surface area contributed by atoms with Gasteiger partial charge in [-0.1, -0.05) is 79.5 Å². The number of nitrogens with two attached hydrogens (primary N) is 1. The predicted molar refractivity (Wildman–Crippen MR) is 117 cm³/mol. The number of ketones is 1. The summed E-state index contributed by atoms with van der Waals surface area (Å²) in [5, 5.41) is 0.868. The molecule has 1 aromatic heterocycles. The average molecular weight is 441 g/mol. The van der Waals surface area contributed by atoms with E-state index in [1.165, 1.54) is 0 Å². The fourth-order valence-corrected chi connectivity index (χ4v) is 4.36. The minimum atomic E-state index is -0.478. The lowest BCUT2D eigenvalue weighted by atomic mass is 9.96. The Morgan fingerprint density at radius 2 is 1.79 bits per heavy atom. The summed E-state index contributed by atoms with van der Waals surface area (Å²) in [5.41, 5.74) is 9.62. The maximum absolute atomic E-state index is 13.1. The highest BCUT2D eigenvalue weighted by Crippen LogP contribution is 2.37. The van der Waals surface area contributed by atoms with Crippen LogP contribution < -0.4 is 5.73 Å². The second-order valence-corrected chi connectivity index (χ2v) is 8.17. The molecule has 0 radical (unpaired) electrons. The van der Waals surface area contributed by atoms with Crippen molar-refractivity contribution in [1.82, 2.24) is 4.57 Å². The number of alkyl halides is 1. The van der Waals surface area contributed by atoms with Crippen LogP contribution in [0.5, 0.6) is 0 Å². The van der Waals surface area contributed by atoms with Crippen molar-refractivity contribution < 1.29 is 9.59 Å². The minimum absolute atomic E-state index is 0.115. The third-order valence-corrected chi connectivity index (χ3v) is 5.89. The zero-order chi connectivity index (χ0) is 20.4. The Kier molecular flexibility index (Phi) is 6.04. The number of carbonyl (C=O) groups excluding carboxylic acids is 2. The number of halogens is 1. The van der Waals surface area contributed by atoms with Gasteiger partial charge in [-0.2, -0.15) is 0 Å². The molecule has 28 heavy (non-hydrogen) atoms. The first-order chi connectivity index (χ1) is 13.4. The van der Waals surface area contributed by atoms with E-state index in [1.54, 1.807) is 12.1 Å².